The van der Waals surface area contributed by atoms with Gasteiger partial charge in [-0.15, -0.1) is 11.3 Å². The van der Waals surface area contributed by atoms with Gasteiger partial charge in [0.1, 0.15) is 21.1 Å². The minimum atomic E-state index is -0.513. The molecule has 170 valence electrons. The third-order valence-corrected chi connectivity index (χ3v) is 6.13. The highest BCUT2D eigenvalue weighted by Crippen LogP contribution is 2.35. The van der Waals surface area contributed by atoms with Crippen LogP contribution in [-0.2, 0) is 29.0 Å². The monoisotopic (exact) mass is 465 g/mol. The summed E-state index contributed by atoms with van der Waals surface area (Å²) < 4.78 is 9.69. The molecular weight excluding hydrogens is 442 g/mol. The predicted molar refractivity (Wildman–Crippen MR) is 124 cm³/mol. The Hall–Kier alpha value is -3.63. The lowest BCUT2D eigenvalue weighted by atomic mass is 10.1. The molecule has 1 aromatic carbocycles. The molecule has 4 rings (SSSR count). The molecule has 3 aromatic heterocycles. The van der Waals surface area contributed by atoms with Gasteiger partial charge in [0, 0.05) is 18.5 Å². The Morgan fingerprint density at radius 3 is 2.61 bits per heavy atom. The van der Waals surface area contributed by atoms with Crippen LogP contribution in [0.4, 0.5) is 5.69 Å². The number of hydrogen-bond acceptors (Lipinski definition) is 9. The van der Waals surface area contributed by atoms with E-state index < -0.39 is 5.97 Å². The summed E-state index contributed by atoms with van der Waals surface area (Å²) in [6.07, 6.45) is 0.200. The molecule has 0 saturated carbocycles. The Morgan fingerprint density at radius 2 is 1.91 bits per heavy atom. The number of amides is 1. The molecule has 0 aliphatic heterocycles. The minimum absolute atomic E-state index is 0.200. The zero-order chi connectivity index (χ0) is 23.4. The molecular formula is C23H23N5O4S. The van der Waals surface area contributed by atoms with Crippen molar-refractivity contribution in [3.8, 4) is 0 Å². The van der Waals surface area contributed by atoms with Crippen molar-refractivity contribution in [2.24, 2.45) is 0 Å². The molecule has 10 heteroatoms. The highest BCUT2D eigenvalue weighted by molar-refractivity contribution is 7.21. The number of carbonyl (C=O) groups is 2. The smallest absolute Gasteiger partial charge is 0.350 e. The molecule has 0 atom stereocenters. The molecule has 4 aromatic rings. The SMILES string of the molecule is COC(=O)c1sc2nc(CN(C)Cc3nonc3C)ccc2c1NC(=O)Cc1ccccc1. The lowest BCUT2D eigenvalue weighted by molar-refractivity contribution is -0.115. The Bertz CT molecular complexity index is 1280. The van der Waals surface area contributed by atoms with Crippen LogP contribution >= 0.6 is 11.3 Å². The maximum atomic E-state index is 12.7. The van der Waals surface area contributed by atoms with E-state index in [-0.39, 0.29) is 12.3 Å². The van der Waals surface area contributed by atoms with E-state index in [9.17, 15) is 9.59 Å². The van der Waals surface area contributed by atoms with E-state index in [1.807, 2.05) is 61.3 Å². The summed E-state index contributed by atoms with van der Waals surface area (Å²) in [5.74, 6) is -0.729. The van der Waals surface area contributed by atoms with Crippen LogP contribution in [0.15, 0.2) is 47.1 Å². The summed E-state index contributed by atoms with van der Waals surface area (Å²) >= 11 is 1.20. The van der Waals surface area contributed by atoms with Crippen LogP contribution in [0, 0.1) is 6.92 Å². The van der Waals surface area contributed by atoms with Gasteiger partial charge in [-0.25, -0.2) is 14.4 Å². The quantitative estimate of drug-likeness (QED) is 0.393. The van der Waals surface area contributed by atoms with E-state index in [2.05, 4.69) is 15.6 Å². The number of nitrogens with zero attached hydrogens (tertiary/aromatic N) is 4. The normalized spacial score (nSPS) is 11.2. The first-order chi connectivity index (χ1) is 15.9. The van der Waals surface area contributed by atoms with Crippen molar-refractivity contribution < 1.29 is 19.0 Å². The van der Waals surface area contributed by atoms with Gasteiger partial charge in [0.2, 0.25) is 5.91 Å². The van der Waals surface area contributed by atoms with Crippen LogP contribution in [0.2, 0.25) is 0 Å². The number of esters is 1. The first-order valence-electron chi connectivity index (χ1n) is 10.3. The Balaban J connectivity index is 1.56. The van der Waals surface area contributed by atoms with Gasteiger partial charge in [0.15, 0.2) is 0 Å². The van der Waals surface area contributed by atoms with Crippen molar-refractivity contribution in [3.05, 3.63) is 70.0 Å². The Kier molecular flexibility index (Phi) is 6.76. The van der Waals surface area contributed by atoms with E-state index in [0.717, 1.165) is 22.6 Å². The van der Waals surface area contributed by atoms with Gasteiger partial charge in [0.05, 0.1) is 24.9 Å². The molecule has 0 unspecified atom stereocenters. The summed E-state index contributed by atoms with van der Waals surface area (Å²) in [4.78, 5) is 32.8. The molecule has 0 radical (unpaired) electrons. The van der Waals surface area contributed by atoms with Crippen LogP contribution in [0.1, 0.15) is 32.3 Å². The third kappa shape index (κ3) is 5.24. The summed E-state index contributed by atoms with van der Waals surface area (Å²) in [5.41, 5.74) is 3.65. The van der Waals surface area contributed by atoms with Crippen molar-refractivity contribution >= 4 is 39.1 Å². The standard InChI is InChI=1S/C23H23N5O4S/c1-14-18(27-32-26-14)13-28(2)12-16-9-10-17-20(21(23(30)31-3)33-22(17)24-16)25-19(29)11-15-7-5-4-6-8-15/h4-10H,11-13H2,1-3H3,(H,25,29). The maximum Gasteiger partial charge on any atom is 0.350 e. The van der Waals surface area contributed by atoms with Gasteiger partial charge in [-0.2, -0.15) is 0 Å². The number of aromatic nitrogens is 3. The number of anilines is 1. The van der Waals surface area contributed by atoms with E-state index in [0.29, 0.717) is 33.9 Å². The maximum absolute atomic E-state index is 12.7. The van der Waals surface area contributed by atoms with Crippen LogP contribution < -0.4 is 5.32 Å². The fraction of sp³-hybridized carbons (Fsp3) is 0.261. The number of benzene rings is 1. The number of nitrogens with one attached hydrogen (secondary N) is 1. The van der Waals surface area contributed by atoms with Crippen LogP contribution in [0.5, 0.6) is 0 Å². The van der Waals surface area contributed by atoms with E-state index >= 15 is 0 Å². The number of ether oxygens (including phenoxy) is 1. The molecule has 0 spiro atoms. The molecule has 33 heavy (non-hydrogen) atoms. The number of rotatable bonds is 8. The number of methoxy groups -OCH3 is 1. The van der Waals surface area contributed by atoms with Gasteiger partial charge >= 0.3 is 5.97 Å². The highest BCUT2D eigenvalue weighted by atomic mass is 32.1. The van der Waals surface area contributed by atoms with Crippen LogP contribution in [-0.4, -0.2) is 46.2 Å². The van der Waals surface area contributed by atoms with Crippen molar-refractivity contribution in [1.82, 2.24) is 20.2 Å². The second-order valence-electron chi connectivity index (χ2n) is 7.63. The summed E-state index contributed by atoms with van der Waals surface area (Å²) in [6, 6.07) is 13.2. The zero-order valence-corrected chi connectivity index (χ0v) is 19.3. The topological polar surface area (TPSA) is 110 Å². The molecule has 0 aliphatic rings. The first-order valence-corrected chi connectivity index (χ1v) is 11.1. The second-order valence-corrected chi connectivity index (χ2v) is 8.63. The van der Waals surface area contributed by atoms with Crippen molar-refractivity contribution in [2.45, 2.75) is 26.4 Å². The fourth-order valence-corrected chi connectivity index (χ4v) is 4.48. The number of hydrogen-bond donors (Lipinski definition) is 1. The number of thiophene rings is 1. The van der Waals surface area contributed by atoms with Crippen molar-refractivity contribution in [2.75, 3.05) is 19.5 Å². The number of carbonyl (C=O) groups excluding carboxylic acids is 2. The van der Waals surface area contributed by atoms with Gasteiger partial charge in [0.25, 0.3) is 0 Å². The summed E-state index contributed by atoms with van der Waals surface area (Å²) in [5, 5.41) is 11.3. The van der Waals surface area contributed by atoms with Crippen LogP contribution in [0.25, 0.3) is 10.2 Å². The van der Waals surface area contributed by atoms with Crippen LogP contribution in [0.3, 0.4) is 0 Å². The van der Waals surface area contributed by atoms with Crippen molar-refractivity contribution in [3.63, 3.8) is 0 Å². The molecule has 0 fully saturated rings. The molecule has 1 N–H and O–H groups in total. The predicted octanol–water partition coefficient (Wildman–Crippen LogP) is 3.59. The van der Waals surface area contributed by atoms with E-state index in [4.69, 9.17) is 14.3 Å². The molecule has 0 bridgehead atoms. The third-order valence-electron chi connectivity index (χ3n) is 5.05. The highest BCUT2D eigenvalue weighted by Gasteiger charge is 2.22. The van der Waals surface area contributed by atoms with E-state index in [1.54, 1.807) is 0 Å². The summed E-state index contributed by atoms with van der Waals surface area (Å²) in [7, 11) is 3.26. The number of fused-ring (bicyclic) bond motifs is 1. The second kappa shape index (κ2) is 9.88. The first kappa shape index (κ1) is 22.6. The Morgan fingerprint density at radius 1 is 1.12 bits per heavy atom. The Labute approximate surface area is 194 Å². The average molecular weight is 466 g/mol. The molecule has 3 heterocycles. The largest absolute Gasteiger partial charge is 0.465 e. The van der Waals surface area contributed by atoms with Gasteiger partial charge in [-0.3, -0.25) is 9.69 Å². The van der Waals surface area contributed by atoms with Gasteiger partial charge in [-0.05, 0) is 31.7 Å². The minimum Gasteiger partial charge on any atom is -0.465 e. The number of aryl methyl sites for hydroxylation is 1. The molecule has 0 aliphatic carbocycles. The van der Waals surface area contributed by atoms with Gasteiger partial charge in [-0.1, -0.05) is 40.6 Å². The molecule has 9 nitrogen and oxygen atoms in total. The lowest BCUT2D eigenvalue weighted by Gasteiger charge is -2.14. The average Bonchev–Trinajstić information content (AvgIpc) is 3.36. The lowest BCUT2D eigenvalue weighted by Crippen LogP contribution is -2.18. The van der Waals surface area contributed by atoms with E-state index in [1.165, 1.54) is 18.4 Å². The van der Waals surface area contributed by atoms with Crippen molar-refractivity contribution in [1.29, 1.82) is 0 Å². The summed E-state index contributed by atoms with van der Waals surface area (Å²) in [6.45, 7) is 2.97. The zero-order valence-electron chi connectivity index (χ0n) is 18.5. The number of pyridine rings is 1. The fourth-order valence-electron chi connectivity index (χ4n) is 3.41. The van der Waals surface area contributed by atoms with Gasteiger partial charge < -0.3 is 10.1 Å². The molecule has 1 amide bonds. The molecule has 0 saturated heterocycles.